The minimum absolute atomic E-state index is 0.244. The molecule has 7 nitrogen and oxygen atoms in total. The lowest BCUT2D eigenvalue weighted by Gasteiger charge is -2.47. The van der Waals surface area contributed by atoms with Crippen molar-refractivity contribution in [2.24, 2.45) is 0 Å². The lowest BCUT2D eigenvalue weighted by Crippen LogP contribution is -2.65. The molecule has 2 amide bonds. The maximum absolute atomic E-state index is 12.1. The molecule has 7 heteroatoms. The molecule has 2 heterocycles. The van der Waals surface area contributed by atoms with Crippen molar-refractivity contribution in [3.05, 3.63) is 0 Å². The van der Waals surface area contributed by atoms with Crippen LogP contribution in [-0.2, 0) is 9.47 Å². The fourth-order valence-corrected chi connectivity index (χ4v) is 2.76. The summed E-state index contributed by atoms with van der Waals surface area (Å²) in [5.41, 5.74) is -0.919. The fraction of sp³-hybridized carbons (Fsp3) is 0.882. The van der Waals surface area contributed by atoms with Crippen LogP contribution in [0.3, 0.4) is 0 Å². The molecule has 0 saturated carbocycles. The number of amides is 2. The van der Waals surface area contributed by atoms with Crippen LogP contribution in [0, 0.1) is 0 Å². The van der Waals surface area contributed by atoms with Crippen LogP contribution in [0.15, 0.2) is 0 Å². The zero-order valence-electron chi connectivity index (χ0n) is 15.8. The molecular formula is C17H31N3O4. The van der Waals surface area contributed by atoms with Crippen LogP contribution < -0.4 is 0 Å². The van der Waals surface area contributed by atoms with E-state index in [-0.39, 0.29) is 12.2 Å². The highest BCUT2D eigenvalue weighted by Gasteiger charge is 2.38. The van der Waals surface area contributed by atoms with E-state index in [1.165, 1.54) is 0 Å². The van der Waals surface area contributed by atoms with E-state index in [9.17, 15) is 9.59 Å². The Kier molecular flexibility index (Phi) is 5.32. The molecule has 138 valence electrons. The highest BCUT2D eigenvalue weighted by molar-refractivity contribution is 5.69. The fourth-order valence-electron chi connectivity index (χ4n) is 2.76. The van der Waals surface area contributed by atoms with Crippen LogP contribution in [0.2, 0.25) is 0 Å². The van der Waals surface area contributed by atoms with Crippen LogP contribution in [0.1, 0.15) is 41.5 Å². The van der Waals surface area contributed by atoms with Gasteiger partial charge in [0, 0.05) is 45.3 Å². The number of carbonyl (C=O) groups is 2. The predicted molar refractivity (Wildman–Crippen MR) is 91.0 cm³/mol. The quantitative estimate of drug-likeness (QED) is 0.731. The maximum atomic E-state index is 12.1. The minimum atomic E-state index is -0.462. The standard InChI is InChI=1S/C17H31N3O4/c1-16(2,3)23-14(21)19-9-7-18(8-10-19)13-11-20(12-13)15(22)24-17(4,5)6/h13H,7-12H2,1-6H3. The summed E-state index contributed by atoms with van der Waals surface area (Å²) in [4.78, 5) is 29.8. The highest BCUT2D eigenvalue weighted by atomic mass is 16.6. The maximum Gasteiger partial charge on any atom is 0.410 e. The summed E-state index contributed by atoms with van der Waals surface area (Å²) in [5.74, 6) is 0. The van der Waals surface area contributed by atoms with Gasteiger partial charge in [0.05, 0.1) is 0 Å². The first-order chi connectivity index (χ1) is 10.9. The van der Waals surface area contributed by atoms with Gasteiger partial charge in [-0.25, -0.2) is 9.59 Å². The second-order valence-electron chi connectivity index (χ2n) is 8.54. The van der Waals surface area contributed by atoms with E-state index in [1.54, 1.807) is 9.80 Å². The summed E-state index contributed by atoms with van der Waals surface area (Å²) in [7, 11) is 0. The van der Waals surface area contributed by atoms with Crippen molar-refractivity contribution in [2.75, 3.05) is 39.3 Å². The van der Waals surface area contributed by atoms with Crippen LogP contribution in [0.4, 0.5) is 9.59 Å². The van der Waals surface area contributed by atoms with Crippen molar-refractivity contribution in [3.8, 4) is 0 Å². The molecule has 0 aromatic heterocycles. The SMILES string of the molecule is CC(C)(C)OC(=O)N1CCN(C2CN(C(=O)OC(C)(C)C)C2)CC1. The summed E-state index contributed by atoms with van der Waals surface area (Å²) in [5, 5.41) is 0. The lowest BCUT2D eigenvalue weighted by molar-refractivity contribution is -0.0284. The van der Waals surface area contributed by atoms with Gasteiger partial charge in [0.15, 0.2) is 0 Å². The monoisotopic (exact) mass is 341 g/mol. The number of rotatable bonds is 1. The normalized spacial score (nSPS) is 20.6. The molecule has 0 aliphatic carbocycles. The second-order valence-corrected chi connectivity index (χ2v) is 8.54. The Bertz CT molecular complexity index is 467. The van der Waals surface area contributed by atoms with E-state index in [0.717, 1.165) is 13.1 Å². The third-order valence-electron chi connectivity index (χ3n) is 4.00. The van der Waals surface area contributed by atoms with Gasteiger partial charge in [0.2, 0.25) is 0 Å². The molecule has 0 aromatic carbocycles. The molecular weight excluding hydrogens is 310 g/mol. The van der Waals surface area contributed by atoms with Crippen LogP contribution in [-0.4, -0.2) is 83.4 Å². The van der Waals surface area contributed by atoms with Gasteiger partial charge in [-0.1, -0.05) is 0 Å². The summed E-state index contributed by atoms with van der Waals surface area (Å²) in [6.07, 6.45) is -0.489. The van der Waals surface area contributed by atoms with Crippen molar-refractivity contribution in [3.63, 3.8) is 0 Å². The average Bonchev–Trinajstić information content (AvgIpc) is 2.33. The summed E-state index contributed by atoms with van der Waals surface area (Å²) in [6, 6.07) is 0.360. The Balaban J connectivity index is 1.71. The highest BCUT2D eigenvalue weighted by Crippen LogP contribution is 2.20. The first-order valence-corrected chi connectivity index (χ1v) is 8.64. The van der Waals surface area contributed by atoms with Gasteiger partial charge in [-0.2, -0.15) is 0 Å². The van der Waals surface area contributed by atoms with Crippen molar-refractivity contribution < 1.29 is 19.1 Å². The van der Waals surface area contributed by atoms with Crippen LogP contribution in [0.5, 0.6) is 0 Å². The molecule has 0 atom stereocenters. The van der Waals surface area contributed by atoms with Crippen LogP contribution >= 0.6 is 0 Å². The zero-order chi connectivity index (χ0) is 18.1. The first kappa shape index (κ1) is 18.8. The molecule has 2 rings (SSSR count). The van der Waals surface area contributed by atoms with Crippen LogP contribution in [0.25, 0.3) is 0 Å². The Morgan fingerprint density at radius 1 is 0.750 bits per heavy atom. The summed E-state index contributed by atoms with van der Waals surface area (Å²) in [6.45, 7) is 15.6. The molecule has 0 aromatic rings. The van der Waals surface area contributed by atoms with Crippen molar-refractivity contribution in [1.82, 2.24) is 14.7 Å². The van der Waals surface area contributed by atoms with Gasteiger partial charge in [-0.15, -0.1) is 0 Å². The molecule has 0 unspecified atom stereocenters. The number of ether oxygens (including phenoxy) is 2. The van der Waals surface area contributed by atoms with Gasteiger partial charge < -0.3 is 19.3 Å². The van der Waals surface area contributed by atoms with E-state index < -0.39 is 11.2 Å². The number of likely N-dealkylation sites (tertiary alicyclic amines) is 1. The zero-order valence-corrected chi connectivity index (χ0v) is 15.8. The molecule has 2 aliphatic rings. The minimum Gasteiger partial charge on any atom is -0.444 e. The second kappa shape index (κ2) is 6.78. The smallest absolute Gasteiger partial charge is 0.410 e. The van der Waals surface area contributed by atoms with E-state index in [0.29, 0.717) is 32.2 Å². The number of piperazine rings is 1. The Morgan fingerprint density at radius 2 is 1.17 bits per heavy atom. The van der Waals surface area contributed by atoms with E-state index in [2.05, 4.69) is 4.90 Å². The number of hydrogen-bond donors (Lipinski definition) is 0. The Labute approximate surface area is 144 Å². The van der Waals surface area contributed by atoms with Crippen molar-refractivity contribution >= 4 is 12.2 Å². The number of hydrogen-bond acceptors (Lipinski definition) is 5. The Morgan fingerprint density at radius 3 is 1.58 bits per heavy atom. The molecule has 0 spiro atoms. The van der Waals surface area contributed by atoms with Gasteiger partial charge in [0.25, 0.3) is 0 Å². The molecule has 0 radical (unpaired) electrons. The summed E-state index contributed by atoms with van der Waals surface area (Å²) >= 11 is 0. The molecule has 2 aliphatic heterocycles. The lowest BCUT2D eigenvalue weighted by atomic mass is 10.1. The third-order valence-corrected chi connectivity index (χ3v) is 4.00. The first-order valence-electron chi connectivity index (χ1n) is 8.64. The van der Waals surface area contributed by atoms with E-state index >= 15 is 0 Å². The average molecular weight is 341 g/mol. The molecule has 0 N–H and O–H groups in total. The van der Waals surface area contributed by atoms with Gasteiger partial charge >= 0.3 is 12.2 Å². The van der Waals surface area contributed by atoms with Gasteiger partial charge in [0.1, 0.15) is 11.2 Å². The molecule has 2 fully saturated rings. The van der Waals surface area contributed by atoms with E-state index in [4.69, 9.17) is 9.47 Å². The van der Waals surface area contributed by atoms with Crippen molar-refractivity contribution in [1.29, 1.82) is 0 Å². The molecule has 2 saturated heterocycles. The van der Waals surface area contributed by atoms with E-state index in [1.807, 2.05) is 41.5 Å². The number of carbonyl (C=O) groups excluding carboxylic acids is 2. The molecule has 24 heavy (non-hydrogen) atoms. The topological polar surface area (TPSA) is 62.3 Å². The number of nitrogens with zero attached hydrogens (tertiary/aromatic N) is 3. The predicted octanol–water partition coefficient (Wildman–Crippen LogP) is 2.16. The van der Waals surface area contributed by atoms with Gasteiger partial charge in [-0.3, -0.25) is 4.90 Å². The third kappa shape index (κ3) is 5.26. The molecule has 0 bridgehead atoms. The van der Waals surface area contributed by atoms with Crippen molar-refractivity contribution in [2.45, 2.75) is 58.8 Å². The summed E-state index contributed by atoms with van der Waals surface area (Å²) < 4.78 is 10.8. The van der Waals surface area contributed by atoms with Gasteiger partial charge in [-0.05, 0) is 41.5 Å². The largest absolute Gasteiger partial charge is 0.444 e. The Hall–Kier alpha value is -1.50.